The third-order valence-electron chi connectivity index (χ3n) is 3.69. The molecule has 4 heteroatoms. The van der Waals surface area contributed by atoms with Gasteiger partial charge >= 0.3 is 0 Å². The molecule has 0 spiro atoms. The lowest BCUT2D eigenvalue weighted by atomic mass is 10.2. The van der Waals surface area contributed by atoms with Gasteiger partial charge in [0.2, 0.25) is 0 Å². The van der Waals surface area contributed by atoms with Gasteiger partial charge in [0.05, 0.1) is 6.54 Å². The number of rotatable bonds is 4. The van der Waals surface area contributed by atoms with Crippen LogP contribution in [0.2, 0.25) is 0 Å². The van der Waals surface area contributed by atoms with Crippen LogP contribution >= 0.6 is 27.7 Å². The topological polar surface area (TPSA) is 17.8 Å². The fourth-order valence-electron chi connectivity index (χ4n) is 2.43. The smallest absolute Gasteiger partial charge is 0.140 e. The van der Waals surface area contributed by atoms with Crippen molar-refractivity contribution < 1.29 is 0 Å². The van der Waals surface area contributed by atoms with Gasteiger partial charge in [-0.2, -0.15) is 0 Å². The van der Waals surface area contributed by atoms with Crippen molar-refractivity contribution in [3.05, 3.63) is 70.5 Å². The molecular weight excluding hydrogens is 356 g/mol. The summed E-state index contributed by atoms with van der Waals surface area (Å²) in [7, 11) is 0. The van der Waals surface area contributed by atoms with Crippen LogP contribution in [0.3, 0.4) is 0 Å². The van der Waals surface area contributed by atoms with Crippen LogP contribution in [0, 0.1) is 6.92 Å². The maximum Gasteiger partial charge on any atom is 0.140 e. The summed E-state index contributed by atoms with van der Waals surface area (Å²) in [5.74, 6) is 1.01. The van der Waals surface area contributed by atoms with E-state index in [1.165, 1.54) is 16.2 Å². The minimum atomic E-state index is 0.812. The lowest BCUT2D eigenvalue weighted by Crippen LogP contribution is -2.04. The first-order valence-electron chi connectivity index (χ1n) is 7.09. The Kier molecular flexibility index (Phi) is 4.69. The highest BCUT2D eigenvalue weighted by atomic mass is 79.9. The predicted molar refractivity (Wildman–Crippen MR) is 97.4 cm³/mol. The SMILES string of the molecule is CSc1ccc(-c2ncc(C)n2Cc2ccccc2Br)cc1. The van der Waals surface area contributed by atoms with Crippen molar-refractivity contribution in [2.45, 2.75) is 18.4 Å². The minimum Gasteiger partial charge on any atom is -0.324 e. The van der Waals surface area contributed by atoms with E-state index in [0.29, 0.717) is 0 Å². The molecule has 0 N–H and O–H groups in total. The predicted octanol–water partition coefficient (Wildman–Crippen LogP) is 5.39. The van der Waals surface area contributed by atoms with E-state index in [0.717, 1.165) is 22.4 Å². The van der Waals surface area contributed by atoms with Gasteiger partial charge in [-0.05, 0) is 36.9 Å². The summed E-state index contributed by atoms with van der Waals surface area (Å²) in [6, 6.07) is 16.9. The molecule has 0 saturated heterocycles. The van der Waals surface area contributed by atoms with Gasteiger partial charge in [0, 0.05) is 26.8 Å². The van der Waals surface area contributed by atoms with Crippen molar-refractivity contribution >= 4 is 27.7 Å². The maximum atomic E-state index is 4.61. The number of benzene rings is 2. The fourth-order valence-corrected chi connectivity index (χ4v) is 3.25. The molecule has 0 amide bonds. The average molecular weight is 373 g/mol. The summed E-state index contributed by atoms with van der Waals surface area (Å²) in [6.45, 7) is 2.91. The van der Waals surface area contributed by atoms with E-state index < -0.39 is 0 Å². The number of hydrogen-bond acceptors (Lipinski definition) is 2. The van der Waals surface area contributed by atoms with E-state index in [9.17, 15) is 0 Å². The molecule has 3 rings (SSSR count). The molecule has 112 valence electrons. The molecule has 0 aliphatic carbocycles. The van der Waals surface area contributed by atoms with Crippen molar-refractivity contribution in [1.29, 1.82) is 0 Å². The Morgan fingerprint density at radius 1 is 1.09 bits per heavy atom. The molecule has 2 aromatic carbocycles. The number of imidazole rings is 1. The summed E-state index contributed by atoms with van der Waals surface area (Å²) < 4.78 is 3.39. The Morgan fingerprint density at radius 3 is 2.50 bits per heavy atom. The van der Waals surface area contributed by atoms with Gasteiger partial charge in [0.25, 0.3) is 0 Å². The molecule has 0 saturated carbocycles. The minimum absolute atomic E-state index is 0.812. The zero-order chi connectivity index (χ0) is 15.5. The summed E-state index contributed by atoms with van der Waals surface area (Å²) in [4.78, 5) is 5.88. The molecule has 2 nitrogen and oxygen atoms in total. The van der Waals surface area contributed by atoms with Gasteiger partial charge in [-0.25, -0.2) is 4.98 Å². The number of aromatic nitrogens is 2. The van der Waals surface area contributed by atoms with Gasteiger partial charge in [0.15, 0.2) is 0 Å². The molecule has 0 aliphatic heterocycles. The largest absolute Gasteiger partial charge is 0.324 e. The van der Waals surface area contributed by atoms with Crippen LogP contribution < -0.4 is 0 Å². The quantitative estimate of drug-likeness (QED) is 0.571. The second-order valence-electron chi connectivity index (χ2n) is 5.13. The Bertz CT molecular complexity index is 778. The first-order chi connectivity index (χ1) is 10.7. The Labute approximate surface area is 143 Å². The monoisotopic (exact) mass is 372 g/mol. The molecule has 22 heavy (non-hydrogen) atoms. The molecule has 0 fully saturated rings. The van der Waals surface area contributed by atoms with E-state index in [2.05, 4.69) is 81.1 Å². The van der Waals surface area contributed by atoms with Gasteiger partial charge in [-0.1, -0.05) is 46.3 Å². The molecule has 1 heterocycles. The summed E-state index contributed by atoms with van der Waals surface area (Å²) in [6.07, 6.45) is 4.03. The van der Waals surface area contributed by atoms with E-state index in [-0.39, 0.29) is 0 Å². The van der Waals surface area contributed by atoms with Crippen molar-refractivity contribution in [3.8, 4) is 11.4 Å². The highest BCUT2D eigenvalue weighted by molar-refractivity contribution is 9.10. The van der Waals surface area contributed by atoms with E-state index in [4.69, 9.17) is 0 Å². The van der Waals surface area contributed by atoms with E-state index in [1.54, 1.807) is 11.8 Å². The van der Waals surface area contributed by atoms with E-state index in [1.807, 2.05) is 12.3 Å². The first kappa shape index (κ1) is 15.4. The normalized spacial score (nSPS) is 10.9. The number of hydrogen-bond donors (Lipinski definition) is 0. The van der Waals surface area contributed by atoms with Gasteiger partial charge in [-0.15, -0.1) is 11.8 Å². The average Bonchev–Trinajstić information content (AvgIpc) is 2.91. The van der Waals surface area contributed by atoms with Crippen LogP contribution in [-0.4, -0.2) is 15.8 Å². The van der Waals surface area contributed by atoms with Crippen LogP contribution in [0.25, 0.3) is 11.4 Å². The third kappa shape index (κ3) is 3.13. The zero-order valence-corrected chi connectivity index (χ0v) is 15.0. The van der Waals surface area contributed by atoms with Gasteiger partial charge in [0.1, 0.15) is 5.82 Å². The molecule has 3 aromatic rings. The van der Waals surface area contributed by atoms with Crippen LogP contribution in [0.4, 0.5) is 0 Å². The number of aryl methyl sites for hydroxylation is 1. The molecule has 0 atom stereocenters. The van der Waals surface area contributed by atoms with Crippen LogP contribution in [0.1, 0.15) is 11.3 Å². The number of halogens is 1. The molecule has 0 unspecified atom stereocenters. The molecule has 0 radical (unpaired) electrons. The van der Waals surface area contributed by atoms with Crippen molar-refractivity contribution in [2.75, 3.05) is 6.26 Å². The Balaban J connectivity index is 1.98. The second kappa shape index (κ2) is 6.71. The molecule has 0 bridgehead atoms. The van der Waals surface area contributed by atoms with E-state index >= 15 is 0 Å². The molecule has 0 aliphatic rings. The highest BCUT2D eigenvalue weighted by Gasteiger charge is 2.11. The lowest BCUT2D eigenvalue weighted by Gasteiger charge is -2.12. The highest BCUT2D eigenvalue weighted by Crippen LogP contribution is 2.25. The van der Waals surface area contributed by atoms with Crippen LogP contribution in [-0.2, 0) is 6.54 Å². The fraction of sp³-hybridized carbons (Fsp3) is 0.167. The zero-order valence-electron chi connectivity index (χ0n) is 12.6. The van der Waals surface area contributed by atoms with Gasteiger partial charge in [-0.3, -0.25) is 0 Å². The third-order valence-corrected chi connectivity index (χ3v) is 5.21. The maximum absolute atomic E-state index is 4.61. The number of thioether (sulfide) groups is 1. The molecule has 1 aromatic heterocycles. The summed E-state index contributed by atoms with van der Waals surface area (Å²) in [5, 5.41) is 0. The Hall–Kier alpha value is -1.52. The standard InChI is InChI=1S/C18H17BrN2S/c1-13-11-20-18(14-7-9-16(22-2)10-8-14)21(13)12-15-5-3-4-6-17(15)19/h3-11H,12H2,1-2H3. The Morgan fingerprint density at radius 2 is 1.82 bits per heavy atom. The van der Waals surface area contributed by atoms with Crippen molar-refractivity contribution in [3.63, 3.8) is 0 Å². The number of nitrogens with zero attached hydrogens (tertiary/aromatic N) is 2. The van der Waals surface area contributed by atoms with Crippen molar-refractivity contribution in [1.82, 2.24) is 9.55 Å². The van der Waals surface area contributed by atoms with Gasteiger partial charge < -0.3 is 4.57 Å². The summed E-state index contributed by atoms with van der Waals surface area (Å²) >= 11 is 5.38. The molecular formula is C18H17BrN2S. The van der Waals surface area contributed by atoms with Crippen molar-refractivity contribution in [2.24, 2.45) is 0 Å². The second-order valence-corrected chi connectivity index (χ2v) is 6.86. The lowest BCUT2D eigenvalue weighted by molar-refractivity contribution is 0.776. The van der Waals surface area contributed by atoms with Crippen LogP contribution in [0.15, 0.2) is 64.1 Å². The summed E-state index contributed by atoms with van der Waals surface area (Å²) in [5.41, 5.74) is 3.57. The van der Waals surface area contributed by atoms with Crippen LogP contribution in [0.5, 0.6) is 0 Å². The first-order valence-corrected chi connectivity index (χ1v) is 9.11.